The second-order valence-electron chi connectivity index (χ2n) is 8.40. The van der Waals surface area contributed by atoms with Crippen molar-refractivity contribution >= 4 is 60.7 Å². The number of nitrogens with zero attached hydrogens (tertiary/aromatic N) is 2. The smallest absolute Gasteiger partial charge is 0.187 e. The third-order valence-electron chi connectivity index (χ3n) is 6.30. The van der Waals surface area contributed by atoms with Gasteiger partial charge in [0.1, 0.15) is 24.4 Å². The van der Waals surface area contributed by atoms with Crippen LogP contribution in [-0.2, 0) is 0 Å². The van der Waals surface area contributed by atoms with Gasteiger partial charge in [0.2, 0.25) is 0 Å². The molecule has 7 rings (SSSR count). The molecule has 0 unspecified atom stereocenters. The molecule has 0 saturated carbocycles. The minimum atomic E-state index is 0.476. The Morgan fingerprint density at radius 1 is 0.676 bits per heavy atom. The van der Waals surface area contributed by atoms with Gasteiger partial charge in [0.15, 0.2) is 11.5 Å². The van der Waals surface area contributed by atoms with E-state index < -0.39 is 0 Å². The van der Waals surface area contributed by atoms with Crippen LogP contribution in [0.4, 0.5) is 17.1 Å². The van der Waals surface area contributed by atoms with Crippen LogP contribution >= 0.6 is 0 Å². The van der Waals surface area contributed by atoms with Crippen LogP contribution in [0.2, 0.25) is 0 Å². The molecule has 6 nitrogen and oxygen atoms in total. The van der Waals surface area contributed by atoms with E-state index in [1.807, 2.05) is 42.5 Å². The highest BCUT2D eigenvalue weighted by molar-refractivity contribution is 6.24. The summed E-state index contributed by atoms with van der Waals surface area (Å²) in [7, 11) is 0. The Bertz CT molecular complexity index is 1750. The summed E-state index contributed by atoms with van der Waals surface area (Å²) in [6, 6.07) is 26.2. The third kappa shape index (κ3) is 2.82. The number of anilines is 3. The van der Waals surface area contributed by atoms with Gasteiger partial charge in [-0.15, -0.1) is 0 Å². The molecule has 1 aliphatic rings. The minimum Gasteiger partial charge on any atom is -0.486 e. The molecule has 1 aromatic heterocycles. The molecular formula is C28H20N4O2. The van der Waals surface area contributed by atoms with Gasteiger partial charge in [-0.1, -0.05) is 48.5 Å². The summed E-state index contributed by atoms with van der Waals surface area (Å²) in [5, 5.41) is 7.96. The number of nitrogens with one attached hydrogen (secondary N) is 1. The van der Waals surface area contributed by atoms with E-state index in [-0.39, 0.29) is 0 Å². The molecule has 164 valence electrons. The highest BCUT2D eigenvalue weighted by Crippen LogP contribution is 2.45. The van der Waals surface area contributed by atoms with Crippen molar-refractivity contribution in [2.24, 2.45) is 0 Å². The van der Waals surface area contributed by atoms with Crippen LogP contribution in [0.1, 0.15) is 0 Å². The first-order valence-electron chi connectivity index (χ1n) is 11.2. The third-order valence-corrected chi connectivity index (χ3v) is 6.30. The molecule has 0 saturated heterocycles. The lowest BCUT2D eigenvalue weighted by molar-refractivity contribution is 0.173. The van der Waals surface area contributed by atoms with Gasteiger partial charge < -0.3 is 20.5 Å². The SMILES string of the molecule is Nc1ccc(Nc2c3c(cc4nc5c6ccccc6c6ccccc6c5nc24)OCCO3)cc1. The summed E-state index contributed by atoms with van der Waals surface area (Å²) in [5.41, 5.74) is 11.4. The second kappa shape index (κ2) is 7.22. The average molecular weight is 444 g/mol. The van der Waals surface area contributed by atoms with E-state index >= 15 is 0 Å². The fourth-order valence-corrected chi connectivity index (χ4v) is 4.75. The number of benzene rings is 5. The molecule has 0 spiro atoms. The molecule has 3 N–H and O–H groups in total. The van der Waals surface area contributed by atoms with Crippen molar-refractivity contribution in [3.05, 3.63) is 78.9 Å². The fourth-order valence-electron chi connectivity index (χ4n) is 4.75. The molecule has 1 aliphatic heterocycles. The molecule has 34 heavy (non-hydrogen) atoms. The number of ether oxygens (including phenoxy) is 2. The van der Waals surface area contributed by atoms with Crippen molar-refractivity contribution in [2.45, 2.75) is 0 Å². The number of hydrogen-bond donors (Lipinski definition) is 2. The number of nitrogen functional groups attached to an aromatic ring is 1. The Morgan fingerprint density at radius 3 is 2.00 bits per heavy atom. The first kappa shape index (κ1) is 18.9. The summed E-state index contributed by atoms with van der Waals surface area (Å²) in [5.74, 6) is 1.31. The molecule has 6 aromatic rings. The number of hydrogen-bond acceptors (Lipinski definition) is 6. The van der Waals surface area contributed by atoms with Crippen LogP contribution in [0, 0.1) is 0 Å². The van der Waals surface area contributed by atoms with E-state index in [0.29, 0.717) is 30.4 Å². The first-order valence-corrected chi connectivity index (χ1v) is 11.2. The Labute approximate surface area is 194 Å². The molecule has 0 radical (unpaired) electrons. The lowest BCUT2D eigenvalue weighted by Gasteiger charge is -2.23. The Balaban J connectivity index is 1.60. The van der Waals surface area contributed by atoms with Gasteiger partial charge in [0, 0.05) is 28.2 Å². The molecular weight excluding hydrogens is 424 g/mol. The summed E-state index contributed by atoms with van der Waals surface area (Å²) < 4.78 is 12.0. The molecule has 5 aromatic carbocycles. The number of rotatable bonds is 2. The average Bonchev–Trinajstić information content (AvgIpc) is 2.89. The van der Waals surface area contributed by atoms with E-state index in [4.69, 9.17) is 25.2 Å². The van der Waals surface area contributed by atoms with Gasteiger partial charge in [-0.3, -0.25) is 0 Å². The maximum absolute atomic E-state index is 6.05. The zero-order valence-electron chi connectivity index (χ0n) is 18.2. The van der Waals surface area contributed by atoms with Crippen LogP contribution in [0.25, 0.3) is 43.6 Å². The number of nitrogens with two attached hydrogens (primary N) is 1. The lowest BCUT2D eigenvalue weighted by atomic mass is 9.99. The number of fused-ring (bicyclic) bond motifs is 8. The van der Waals surface area contributed by atoms with Crippen molar-refractivity contribution < 1.29 is 9.47 Å². The second-order valence-corrected chi connectivity index (χ2v) is 8.40. The molecule has 0 bridgehead atoms. The minimum absolute atomic E-state index is 0.476. The van der Waals surface area contributed by atoms with E-state index in [9.17, 15) is 0 Å². The summed E-state index contributed by atoms with van der Waals surface area (Å²) >= 11 is 0. The van der Waals surface area contributed by atoms with Gasteiger partial charge >= 0.3 is 0 Å². The van der Waals surface area contributed by atoms with Gasteiger partial charge in [0.05, 0.1) is 16.6 Å². The Kier molecular flexibility index (Phi) is 4.02. The normalized spacial score (nSPS) is 13.1. The van der Waals surface area contributed by atoms with Crippen molar-refractivity contribution in [2.75, 3.05) is 24.3 Å². The van der Waals surface area contributed by atoms with Gasteiger partial charge in [-0.25, -0.2) is 9.97 Å². The predicted molar refractivity (Wildman–Crippen MR) is 137 cm³/mol. The lowest BCUT2D eigenvalue weighted by Crippen LogP contribution is -2.16. The van der Waals surface area contributed by atoms with E-state index in [1.54, 1.807) is 0 Å². The highest BCUT2D eigenvalue weighted by atomic mass is 16.6. The standard InChI is InChI=1S/C28H20N4O2/c29-16-9-11-17(12-10-16)30-27-26-22(15-23-28(27)34-14-13-33-23)31-24-20-7-3-1-5-18(20)19-6-2-4-8-21(19)25(24)32-26/h1-12,15,30H,13-14,29H2. The van der Waals surface area contributed by atoms with Crippen molar-refractivity contribution in [1.29, 1.82) is 0 Å². The Hall–Kier alpha value is -4.58. The summed E-state index contributed by atoms with van der Waals surface area (Å²) in [6.45, 7) is 0.970. The summed E-state index contributed by atoms with van der Waals surface area (Å²) in [4.78, 5) is 10.3. The first-order chi connectivity index (χ1) is 16.8. The van der Waals surface area contributed by atoms with Crippen LogP contribution in [0.5, 0.6) is 11.5 Å². The highest BCUT2D eigenvalue weighted by Gasteiger charge is 2.23. The molecule has 6 heteroatoms. The topological polar surface area (TPSA) is 82.3 Å². The molecule has 0 fully saturated rings. The van der Waals surface area contributed by atoms with Crippen molar-refractivity contribution in [3.63, 3.8) is 0 Å². The van der Waals surface area contributed by atoms with Crippen LogP contribution in [-0.4, -0.2) is 23.2 Å². The van der Waals surface area contributed by atoms with Crippen molar-refractivity contribution in [3.8, 4) is 11.5 Å². The maximum atomic E-state index is 6.05. The van der Waals surface area contributed by atoms with Crippen LogP contribution in [0.15, 0.2) is 78.9 Å². The van der Waals surface area contributed by atoms with Crippen LogP contribution in [0.3, 0.4) is 0 Å². The van der Waals surface area contributed by atoms with Gasteiger partial charge in [-0.05, 0) is 35.0 Å². The monoisotopic (exact) mass is 444 g/mol. The predicted octanol–water partition coefficient (Wildman–Crippen LogP) is 6.19. The maximum Gasteiger partial charge on any atom is 0.187 e. The number of aromatic nitrogens is 2. The molecule has 0 atom stereocenters. The van der Waals surface area contributed by atoms with Gasteiger partial charge in [-0.2, -0.15) is 0 Å². The molecule has 2 heterocycles. The molecule has 0 amide bonds. The fraction of sp³-hybridized carbons (Fsp3) is 0.0714. The van der Waals surface area contributed by atoms with Crippen LogP contribution < -0.4 is 20.5 Å². The molecule has 0 aliphatic carbocycles. The van der Waals surface area contributed by atoms with E-state index in [0.717, 1.165) is 55.0 Å². The zero-order chi connectivity index (χ0) is 22.6. The zero-order valence-corrected chi connectivity index (χ0v) is 18.2. The summed E-state index contributed by atoms with van der Waals surface area (Å²) in [6.07, 6.45) is 0. The van der Waals surface area contributed by atoms with E-state index in [1.165, 1.54) is 0 Å². The van der Waals surface area contributed by atoms with Gasteiger partial charge in [0.25, 0.3) is 0 Å². The largest absolute Gasteiger partial charge is 0.486 e. The van der Waals surface area contributed by atoms with Crippen molar-refractivity contribution in [1.82, 2.24) is 9.97 Å². The van der Waals surface area contributed by atoms with E-state index in [2.05, 4.69) is 41.7 Å². The quantitative estimate of drug-likeness (QED) is 0.188. The Morgan fingerprint density at radius 2 is 1.29 bits per heavy atom.